The summed E-state index contributed by atoms with van der Waals surface area (Å²) >= 11 is 6.21. The molecular formula is C24H15ClN2O. The Kier molecular flexibility index (Phi) is 5.05. The standard InChI is InChI=1S/C24H15ClN2O/c25-21-14-8-7-13-19(21)16-27-24-20(15-26)22(17-9-3-1-4-10-17)23(28-24)18-11-5-2-6-12-18/h1-14,16H/b27-16-. The summed E-state index contributed by atoms with van der Waals surface area (Å²) in [6.45, 7) is 0. The van der Waals surface area contributed by atoms with E-state index in [0.29, 0.717) is 16.3 Å². The second-order valence-electron chi connectivity index (χ2n) is 6.11. The molecule has 0 saturated heterocycles. The van der Waals surface area contributed by atoms with Crippen molar-refractivity contribution in [3.63, 3.8) is 0 Å². The van der Waals surface area contributed by atoms with Crippen LogP contribution in [0.15, 0.2) is 94.3 Å². The van der Waals surface area contributed by atoms with Crippen molar-refractivity contribution in [3.05, 3.63) is 101 Å². The van der Waals surface area contributed by atoms with E-state index in [1.165, 1.54) is 0 Å². The second kappa shape index (κ2) is 7.96. The molecular weight excluding hydrogens is 368 g/mol. The molecule has 3 aromatic carbocycles. The average Bonchev–Trinajstić information content (AvgIpc) is 3.13. The number of rotatable bonds is 4. The molecule has 0 spiro atoms. The third-order valence-electron chi connectivity index (χ3n) is 4.33. The summed E-state index contributed by atoms with van der Waals surface area (Å²) in [5.41, 5.74) is 3.68. The predicted molar refractivity (Wildman–Crippen MR) is 113 cm³/mol. The fourth-order valence-electron chi connectivity index (χ4n) is 2.99. The first kappa shape index (κ1) is 17.8. The first-order valence-corrected chi connectivity index (χ1v) is 9.12. The van der Waals surface area contributed by atoms with E-state index in [2.05, 4.69) is 11.1 Å². The fourth-order valence-corrected chi connectivity index (χ4v) is 3.18. The van der Waals surface area contributed by atoms with Crippen LogP contribution in [0.2, 0.25) is 5.02 Å². The summed E-state index contributed by atoms with van der Waals surface area (Å²) in [6.07, 6.45) is 1.62. The predicted octanol–water partition coefficient (Wildman–Crippen LogP) is 6.89. The first-order chi connectivity index (χ1) is 13.8. The van der Waals surface area contributed by atoms with Crippen molar-refractivity contribution in [1.82, 2.24) is 0 Å². The smallest absolute Gasteiger partial charge is 0.238 e. The molecule has 134 valence electrons. The zero-order valence-electron chi connectivity index (χ0n) is 14.8. The lowest BCUT2D eigenvalue weighted by Gasteiger charge is -2.03. The van der Waals surface area contributed by atoms with E-state index in [-0.39, 0.29) is 5.88 Å². The maximum absolute atomic E-state index is 9.86. The van der Waals surface area contributed by atoms with E-state index < -0.39 is 0 Å². The van der Waals surface area contributed by atoms with Crippen LogP contribution < -0.4 is 0 Å². The number of halogens is 1. The first-order valence-electron chi connectivity index (χ1n) is 8.74. The molecule has 0 atom stereocenters. The molecule has 0 radical (unpaired) electrons. The van der Waals surface area contributed by atoms with Gasteiger partial charge in [0.15, 0.2) is 0 Å². The van der Waals surface area contributed by atoms with Gasteiger partial charge in [0.25, 0.3) is 0 Å². The molecule has 3 nitrogen and oxygen atoms in total. The van der Waals surface area contributed by atoms with Crippen LogP contribution in [-0.4, -0.2) is 6.21 Å². The minimum atomic E-state index is 0.264. The van der Waals surface area contributed by atoms with E-state index >= 15 is 0 Å². The molecule has 4 heteroatoms. The summed E-state index contributed by atoms with van der Waals surface area (Å²) in [5.74, 6) is 0.884. The maximum Gasteiger partial charge on any atom is 0.238 e. The maximum atomic E-state index is 9.86. The summed E-state index contributed by atoms with van der Waals surface area (Å²) in [4.78, 5) is 4.44. The average molecular weight is 383 g/mol. The van der Waals surface area contributed by atoms with Crippen molar-refractivity contribution in [2.75, 3.05) is 0 Å². The van der Waals surface area contributed by atoms with Crippen LogP contribution in [0.25, 0.3) is 22.5 Å². The molecule has 0 aliphatic carbocycles. The largest absolute Gasteiger partial charge is 0.436 e. The molecule has 0 aliphatic rings. The highest BCUT2D eigenvalue weighted by Crippen LogP contribution is 2.42. The van der Waals surface area contributed by atoms with E-state index in [9.17, 15) is 5.26 Å². The minimum Gasteiger partial charge on any atom is -0.436 e. The van der Waals surface area contributed by atoms with Crippen LogP contribution in [0.4, 0.5) is 5.88 Å². The second-order valence-corrected chi connectivity index (χ2v) is 6.52. The molecule has 0 N–H and O–H groups in total. The zero-order valence-corrected chi connectivity index (χ0v) is 15.6. The third kappa shape index (κ3) is 3.46. The Hall–Kier alpha value is -3.61. The van der Waals surface area contributed by atoms with E-state index in [1.54, 1.807) is 12.3 Å². The van der Waals surface area contributed by atoms with Gasteiger partial charge >= 0.3 is 0 Å². The Labute approximate surface area is 168 Å². The van der Waals surface area contributed by atoms with Gasteiger partial charge in [0.2, 0.25) is 5.88 Å². The number of aliphatic imine (C=N–C) groups is 1. The zero-order chi connectivity index (χ0) is 19.3. The highest BCUT2D eigenvalue weighted by atomic mass is 35.5. The van der Waals surface area contributed by atoms with Gasteiger partial charge in [-0.1, -0.05) is 90.5 Å². The lowest BCUT2D eigenvalue weighted by molar-refractivity contribution is 0.593. The van der Waals surface area contributed by atoms with Crippen molar-refractivity contribution in [1.29, 1.82) is 5.26 Å². The topological polar surface area (TPSA) is 49.3 Å². The molecule has 0 aliphatic heterocycles. The molecule has 4 aromatic rings. The van der Waals surface area contributed by atoms with Gasteiger partial charge in [-0.05, 0) is 11.6 Å². The number of benzene rings is 3. The normalized spacial score (nSPS) is 10.9. The minimum absolute atomic E-state index is 0.264. The fraction of sp³-hybridized carbons (Fsp3) is 0. The number of nitrogens with zero attached hydrogens (tertiary/aromatic N) is 2. The van der Waals surface area contributed by atoms with Crippen LogP contribution in [0.3, 0.4) is 0 Å². The molecule has 0 fully saturated rings. The van der Waals surface area contributed by atoms with Crippen LogP contribution in [-0.2, 0) is 0 Å². The van der Waals surface area contributed by atoms with Gasteiger partial charge in [0, 0.05) is 27.9 Å². The molecule has 1 aromatic heterocycles. The van der Waals surface area contributed by atoms with E-state index in [4.69, 9.17) is 16.0 Å². The molecule has 1 heterocycles. The molecule has 0 bridgehead atoms. The Balaban J connectivity index is 1.90. The van der Waals surface area contributed by atoms with Gasteiger partial charge in [0.05, 0.1) is 0 Å². The number of furan rings is 1. The van der Waals surface area contributed by atoms with Crippen LogP contribution >= 0.6 is 11.6 Å². The van der Waals surface area contributed by atoms with Crippen molar-refractivity contribution in [3.8, 4) is 28.5 Å². The van der Waals surface area contributed by atoms with Crippen molar-refractivity contribution in [2.24, 2.45) is 4.99 Å². The lowest BCUT2D eigenvalue weighted by atomic mass is 9.98. The Morgan fingerprint density at radius 3 is 2.07 bits per heavy atom. The third-order valence-corrected chi connectivity index (χ3v) is 4.67. The van der Waals surface area contributed by atoms with Gasteiger partial charge in [-0.15, -0.1) is 0 Å². The molecule has 0 unspecified atom stereocenters. The van der Waals surface area contributed by atoms with Crippen molar-refractivity contribution >= 4 is 23.7 Å². The van der Waals surface area contributed by atoms with Crippen LogP contribution in [0.1, 0.15) is 11.1 Å². The SMILES string of the molecule is N#Cc1c(/N=C\c2ccccc2Cl)oc(-c2ccccc2)c1-c1ccccc1. The van der Waals surface area contributed by atoms with Gasteiger partial charge in [0.1, 0.15) is 17.4 Å². The monoisotopic (exact) mass is 382 g/mol. The summed E-state index contributed by atoms with van der Waals surface area (Å²) in [5, 5.41) is 10.4. The summed E-state index contributed by atoms with van der Waals surface area (Å²) in [6, 6.07) is 29.1. The van der Waals surface area contributed by atoms with Crippen molar-refractivity contribution in [2.45, 2.75) is 0 Å². The van der Waals surface area contributed by atoms with Crippen LogP contribution in [0, 0.1) is 11.3 Å². The van der Waals surface area contributed by atoms with Gasteiger partial charge in [-0.25, -0.2) is 4.99 Å². The number of hydrogen-bond donors (Lipinski definition) is 0. The number of hydrogen-bond acceptors (Lipinski definition) is 3. The molecule has 4 rings (SSSR count). The highest BCUT2D eigenvalue weighted by molar-refractivity contribution is 6.33. The molecule has 0 saturated carbocycles. The van der Waals surface area contributed by atoms with E-state index in [0.717, 1.165) is 22.3 Å². The van der Waals surface area contributed by atoms with Crippen molar-refractivity contribution < 1.29 is 4.42 Å². The summed E-state index contributed by atoms with van der Waals surface area (Å²) < 4.78 is 6.08. The highest BCUT2D eigenvalue weighted by Gasteiger charge is 2.22. The molecule has 0 amide bonds. The van der Waals surface area contributed by atoms with Gasteiger partial charge in [-0.2, -0.15) is 5.26 Å². The molecule has 28 heavy (non-hydrogen) atoms. The Morgan fingerprint density at radius 1 is 0.821 bits per heavy atom. The van der Waals surface area contributed by atoms with Gasteiger partial charge < -0.3 is 4.42 Å². The van der Waals surface area contributed by atoms with E-state index in [1.807, 2.05) is 78.9 Å². The lowest BCUT2D eigenvalue weighted by Crippen LogP contribution is -1.84. The Bertz CT molecular complexity index is 1170. The summed E-state index contributed by atoms with van der Waals surface area (Å²) in [7, 11) is 0. The van der Waals surface area contributed by atoms with Gasteiger partial charge in [-0.3, -0.25) is 0 Å². The quantitative estimate of drug-likeness (QED) is 0.361. The van der Waals surface area contributed by atoms with Crippen LogP contribution in [0.5, 0.6) is 0 Å². The Morgan fingerprint density at radius 2 is 1.43 bits per heavy atom. The number of nitriles is 1.